The standard InChI is InChI=1S/C27H27ClF3N3O3S2/c1-32-39(36,18-12-10-17(11-13-18)37-27(29,30)31)34-22-7-4-6-21(26(22)35)33-25-19-5-2-3-8-23(19)38-24-14-9-16(28)15-20(24)25/h2-3,5,8-15,21-22,25-26,33,35H,4,6-7H2,1H3,(H,32,34,36). The molecule has 0 aromatic heterocycles. The summed E-state index contributed by atoms with van der Waals surface area (Å²) in [5, 5.41) is 15.7. The number of nitrogens with zero attached hydrogens (tertiary/aromatic N) is 1. The highest BCUT2D eigenvalue weighted by molar-refractivity contribution is 7.99. The Balaban J connectivity index is 1.36. The van der Waals surface area contributed by atoms with Gasteiger partial charge in [0.05, 0.1) is 17.0 Å². The summed E-state index contributed by atoms with van der Waals surface area (Å²) in [5.41, 5.74) is 2.12. The van der Waals surface area contributed by atoms with E-state index in [2.05, 4.69) is 31.3 Å². The Kier molecular flexibility index (Phi) is 8.19. The van der Waals surface area contributed by atoms with Gasteiger partial charge in [0, 0.05) is 33.9 Å². The molecule has 3 aromatic rings. The number of rotatable bonds is 6. The maximum absolute atomic E-state index is 13.7. The van der Waals surface area contributed by atoms with Crippen LogP contribution in [0.15, 0.2) is 85.8 Å². The molecule has 0 radical (unpaired) electrons. The largest absolute Gasteiger partial charge is 0.573 e. The first-order valence-electron chi connectivity index (χ1n) is 12.3. The van der Waals surface area contributed by atoms with Crippen LogP contribution in [0.3, 0.4) is 0 Å². The van der Waals surface area contributed by atoms with Crippen LogP contribution < -0.4 is 14.8 Å². The van der Waals surface area contributed by atoms with Gasteiger partial charge in [-0.1, -0.05) is 48.0 Å². The quantitative estimate of drug-likeness (QED) is 0.309. The van der Waals surface area contributed by atoms with E-state index in [0.717, 1.165) is 39.5 Å². The first-order valence-corrected chi connectivity index (χ1v) is 15.1. The second-order valence-corrected chi connectivity index (χ2v) is 13.0. The van der Waals surface area contributed by atoms with E-state index in [-0.39, 0.29) is 17.0 Å². The SMILES string of the molecule is CN=S(=O)(NC1CCCC(NC2c3ccccc3Sc3ccc(Cl)cc32)C1O)c1ccc(OC(F)(F)F)cc1. The topological polar surface area (TPSA) is 83.0 Å². The fourth-order valence-electron chi connectivity index (χ4n) is 5.08. The van der Waals surface area contributed by atoms with Gasteiger partial charge in [0.2, 0.25) is 0 Å². The van der Waals surface area contributed by atoms with Crippen LogP contribution in [0.1, 0.15) is 36.4 Å². The number of hydrogen-bond donors (Lipinski definition) is 3. The number of fused-ring (bicyclic) bond motifs is 2. The minimum Gasteiger partial charge on any atom is -0.406 e. The van der Waals surface area contributed by atoms with Crippen LogP contribution in [0.5, 0.6) is 5.75 Å². The van der Waals surface area contributed by atoms with Gasteiger partial charge in [0.1, 0.15) is 15.7 Å². The van der Waals surface area contributed by atoms with Crippen molar-refractivity contribution in [1.82, 2.24) is 10.0 Å². The van der Waals surface area contributed by atoms with Crippen molar-refractivity contribution < 1.29 is 27.2 Å². The van der Waals surface area contributed by atoms with Crippen molar-refractivity contribution in [2.75, 3.05) is 7.05 Å². The van der Waals surface area contributed by atoms with Gasteiger partial charge in [-0.25, -0.2) is 13.3 Å². The maximum Gasteiger partial charge on any atom is 0.573 e. The van der Waals surface area contributed by atoms with E-state index >= 15 is 0 Å². The summed E-state index contributed by atoms with van der Waals surface area (Å²) < 4.78 is 62.3. The van der Waals surface area contributed by atoms with Crippen LogP contribution in [0, 0.1) is 0 Å². The molecule has 12 heteroatoms. The zero-order valence-corrected chi connectivity index (χ0v) is 23.2. The van der Waals surface area contributed by atoms with Crippen LogP contribution >= 0.6 is 23.4 Å². The molecule has 1 fully saturated rings. The summed E-state index contributed by atoms with van der Waals surface area (Å²) in [7, 11) is -1.86. The van der Waals surface area contributed by atoms with E-state index in [4.69, 9.17) is 11.6 Å². The summed E-state index contributed by atoms with van der Waals surface area (Å²) in [5.74, 6) is -0.419. The molecule has 3 aromatic carbocycles. The molecule has 1 aliphatic heterocycles. The first kappa shape index (κ1) is 28.3. The lowest BCUT2D eigenvalue weighted by Crippen LogP contribution is -2.56. The number of nitrogens with one attached hydrogen (secondary N) is 2. The third-order valence-electron chi connectivity index (χ3n) is 6.91. The highest BCUT2D eigenvalue weighted by Crippen LogP contribution is 2.46. The van der Waals surface area contributed by atoms with Gasteiger partial charge >= 0.3 is 6.36 Å². The van der Waals surface area contributed by atoms with Gasteiger partial charge in [-0.2, -0.15) is 0 Å². The molecule has 39 heavy (non-hydrogen) atoms. The molecule has 208 valence electrons. The molecular weight excluding hydrogens is 571 g/mol. The molecular formula is C27H27ClF3N3O3S2. The van der Waals surface area contributed by atoms with Crippen molar-refractivity contribution in [3.63, 3.8) is 0 Å². The van der Waals surface area contributed by atoms with Crippen LogP contribution in [0.4, 0.5) is 13.2 Å². The minimum atomic E-state index is -4.83. The monoisotopic (exact) mass is 597 g/mol. The summed E-state index contributed by atoms with van der Waals surface area (Å²) in [6.45, 7) is 0. The van der Waals surface area contributed by atoms with Gasteiger partial charge in [-0.3, -0.25) is 0 Å². The van der Waals surface area contributed by atoms with E-state index in [0.29, 0.717) is 17.9 Å². The van der Waals surface area contributed by atoms with Crippen LogP contribution in [-0.2, 0) is 9.92 Å². The molecule has 1 saturated carbocycles. The lowest BCUT2D eigenvalue weighted by molar-refractivity contribution is -0.274. The summed E-state index contributed by atoms with van der Waals surface area (Å²) in [4.78, 5) is 2.40. The van der Waals surface area contributed by atoms with Gasteiger partial charge < -0.3 is 15.2 Å². The first-order chi connectivity index (χ1) is 18.6. The average molecular weight is 598 g/mol. The van der Waals surface area contributed by atoms with Crippen molar-refractivity contribution >= 4 is 33.3 Å². The Labute approximate surface area is 234 Å². The highest BCUT2D eigenvalue weighted by atomic mass is 35.5. The van der Waals surface area contributed by atoms with Crippen LogP contribution in [0.2, 0.25) is 5.02 Å². The maximum atomic E-state index is 13.7. The van der Waals surface area contributed by atoms with Crippen molar-refractivity contribution in [3.8, 4) is 5.75 Å². The molecule has 6 nitrogen and oxygen atoms in total. The molecule has 5 atom stereocenters. The van der Waals surface area contributed by atoms with E-state index in [1.165, 1.54) is 19.2 Å². The average Bonchev–Trinajstić information content (AvgIpc) is 2.90. The lowest BCUT2D eigenvalue weighted by Gasteiger charge is -2.39. The Morgan fingerprint density at radius 3 is 2.44 bits per heavy atom. The molecule has 2 aliphatic rings. The predicted octanol–water partition coefficient (Wildman–Crippen LogP) is 6.33. The number of benzene rings is 3. The second kappa shape index (κ2) is 11.3. The fourth-order valence-corrected chi connectivity index (χ4v) is 8.00. The number of ether oxygens (including phenoxy) is 1. The number of hydrogen-bond acceptors (Lipinski definition) is 6. The Hall–Kier alpha value is -2.28. The smallest absolute Gasteiger partial charge is 0.406 e. The molecule has 0 saturated heterocycles. The fraction of sp³-hybridized carbons (Fsp3) is 0.333. The van der Waals surface area contributed by atoms with Crippen molar-refractivity contribution in [1.29, 1.82) is 0 Å². The zero-order chi connectivity index (χ0) is 27.8. The van der Waals surface area contributed by atoms with Gasteiger partial charge in [-0.05, 0) is 72.5 Å². The third kappa shape index (κ3) is 6.23. The van der Waals surface area contributed by atoms with Gasteiger partial charge in [0.15, 0.2) is 0 Å². The summed E-state index contributed by atoms with van der Waals surface area (Å²) in [6.07, 6.45) is -3.71. The molecule has 1 aliphatic carbocycles. The van der Waals surface area contributed by atoms with Crippen molar-refractivity contribution in [3.05, 3.63) is 82.9 Å². The van der Waals surface area contributed by atoms with E-state index in [9.17, 15) is 22.5 Å². The van der Waals surface area contributed by atoms with Crippen molar-refractivity contribution in [2.24, 2.45) is 4.36 Å². The molecule has 0 amide bonds. The van der Waals surface area contributed by atoms with E-state index < -0.39 is 34.2 Å². The third-order valence-corrected chi connectivity index (χ3v) is 10.4. The van der Waals surface area contributed by atoms with Crippen molar-refractivity contribution in [2.45, 2.75) is 64.5 Å². The molecule has 3 N–H and O–H groups in total. The van der Waals surface area contributed by atoms with E-state index in [1.807, 2.05) is 30.3 Å². The Morgan fingerprint density at radius 1 is 1.03 bits per heavy atom. The number of alkyl halides is 3. The Bertz CT molecular complexity index is 1460. The van der Waals surface area contributed by atoms with Crippen LogP contribution in [0.25, 0.3) is 0 Å². The second-order valence-electron chi connectivity index (χ2n) is 9.40. The summed E-state index contributed by atoms with van der Waals surface area (Å²) >= 11 is 8.02. The Morgan fingerprint density at radius 2 is 1.72 bits per heavy atom. The highest BCUT2D eigenvalue weighted by Gasteiger charge is 2.37. The lowest BCUT2D eigenvalue weighted by atomic mass is 9.87. The molecule has 5 unspecified atom stereocenters. The molecule has 0 spiro atoms. The predicted molar refractivity (Wildman–Crippen MR) is 145 cm³/mol. The molecule has 1 heterocycles. The summed E-state index contributed by atoms with van der Waals surface area (Å²) in [6, 6.07) is 17.6. The van der Waals surface area contributed by atoms with Gasteiger partial charge in [0.25, 0.3) is 0 Å². The zero-order valence-electron chi connectivity index (χ0n) is 20.8. The van der Waals surface area contributed by atoms with E-state index in [1.54, 1.807) is 11.8 Å². The molecule has 5 rings (SSSR count). The number of halogens is 4. The number of aliphatic hydroxyl groups is 1. The normalized spacial score (nSPS) is 24.3. The minimum absolute atomic E-state index is 0.198. The number of aliphatic hydroxyl groups excluding tert-OH is 1. The van der Waals surface area contributed by atoms with Crippen LogP contribution in [-0.4, -0.2) is 40.9 Å². The van der Waals surface area contributed by atoms with Gasteiger partial charge in [-0.15, -0.1) is 13.2 Å². The molecule has 0 bridgehead atoms.